The van der Waals surface area contributed by atoms with Crippen molar-refractivity contribution in [2.45, 2.75) is 43.2 Å². The number of anilines is 1. The van der Waals surface area contributed by atoms with Gasteiger partial charge in [0.05, 0.1) is 24.0 Å². The van der Waals surface area contributed by atoms with Crippen LogP contribution in [0.4, 0.5) is 5.69 Å². The van der Waals surface area contributed by atoms with Crippen molar-refractivity contribution in [3.05, 3.63) is 41.4 Å². The quantitative estimate of drug-likeness (QED) is 0.780. The van der Waals surface area contributed by atoms with Crippen molar-refractivity contribution in [1.29, 1.82) is 0 Å². The van der Waals surface area contributed by atoms with Crippen molar-refractivity contribution >= 4 is 27.3 Å². The third-order valence-corrected chi connectivity index (χ3v) is 7.32. The topological polar surface area (TPSA) is 67.4 Å². The first-order valence-corrected chi connectivity index (χ1v) is 11.1. The van der Waals surface area contributed by atoms with Gasteiger partial charge in [-0.1, -0.05) is 55.1 Å². The lowest BCUT2D eigenvalue weighted by molar-refractivity contribution is 0.306. The Hall–Kier alpha value is -1.76. The summed E-state index contributed by atoms with van der Waals surface area (Å²) >= 11 is 6.42. The predicted octanol–water partition coefficient (Wildman–Crippen LogP) is 4.63. The number of nitrogens with one attached hydrogen (secondary N) is 2. The summed E-state index contributed by atoms with van der Waals surface area (Å²) in [6.07, 6.45) is 5.18. The van der Waals surface area contributed by atoms with Gasteiger partial charge in [-0.2, -0.15) is 4.72 Å². The second-order valence-electron chi connectivity index (χ2n) is 7.14. The first kappa shape index (κ1) is 18.6. The highest BCUT2D eigenvalue weighted by Gasteiger charge is 2.37. The van der Waals surface area contributed by atoms with E-state index >= 15 is 0 Å². The average Bonchev–Trinajstić information content (AvgIpc) is 2.69. The van der Waals surface area contributed by atoms with Gasteiger partial charge in [-0.05, 0) is 30.9 Å². The van der Waals surface area contributed by atoms with Crippen molar-refractivity contribution in [3.63, 3.8) is 0 Å². The molecule has 1 aliphatic heterocycles. The highest BCUT2D eigenvalue weighted by atomic mass is 35.5. The Morgan fingerprint density at radius 1 is 1.04 bits per heavy atom. The molecule has 0 spiro atoms. The molecule has 0 bridgehead atoms. The monoisotopic (exact) mass is 406 g/mol. The van der Waals surface area contributed by atoms with Gasteiger partial charge in [0.2, 0.25) is 10.0 Å². The second kappa shape index (κ2) is 7.34. The fourth-order valence-electron chi connectivity index (χ4n) is 4.14. The van der Waals surface area contributed by atoms with E-state index in [-0.39, 0.29) is 17.0 Å². The molecule has 2 aromatic carbocycles. The summed E-state index contributed by atoms with van der Waals surface area (Å²) in [5.41, 5.74) is 1.78. The lowest BCUT2D eigenvalue weighted by atomic mass is 9.87. The van der Waals surface area contributed by atoms with E-state index in [1.165, 1.54) is 6.42 Å². The van der Waals surface area contributed by atoms with Crippen molar-refractivity contribution in [1.82, 2.24) is 4.72 Å². The van der Waals surface area contributed by atoms with Crippen LogP contribution in [0.25, 0.3) is 11.1 Å². The summed E-state index contributed by atoms with van der Waals surface area (Å²) in [5, 5.41) is 3.79. The Morgan fingerprint density at radius 2 is 1.78 bits per heavy atom. The molecule has 27 heavy (non-hydrogen) atoms. The Bertz CT molecular complexity index is 956. The fourth-order valence-corrected chi connectivity index (χ4v) is 6.02. The summed E-state index contributed by atoms with van der Waals surface area (Å²) in [6.45, 7) is 0. The molecule has 0 amide bonds. The third-order valence-electron chi connectivity index (χ3n) is 5.48. The Kier molecular flexibility index (Phi) is 5.05. The number of hydrogen-bond donors (Lipinski definition) is 2. The van der Waals surface area contributed by atoms with Gasteiger partial charge in [-0.3, -0.25) is 0 Å². The van der Waals surface area contributed by atoms with E-state index in [2.05, 4.69) is 10.0 Å². The highest BCUT2D eigenvalue weighted by molar-refractivity contribution is 7.90. The van der Waals surface area contributed by atoms with E-state index < -0.39 is 10.0 Å². The van der Waals surface area contributed by atoms with Crippen LogP contribution >= 0.6 is 11.6 Å². The standard InChI is InChI=1S/C20H23ClN2O3S/c1-26-17-10-6-5-9-14(17)15-11-12-16(21)18-19(15)27(24,25)23-20(22-18)13-7-3-2-4-8-13/h5-6,9-13,20,22-23H,2-4,7-8H2,1H3. The number of hydrogen-bond acceptors (Lipinski definition) is 4. The van der Waals surface area contributed by atoms with Crippen LogP contribution in [-0.2, 0) is 10.0 Å². The summed E-state index contributed by atoms with van der Waals surface area (Å²) in [4.78, 5) is 0.187. The average molecular weight is 407 g/mol. The molecule has 1 aliphatic carbocycles. The zero-order valence-corrected chi connectivity index (χ0v) is 16.7. The molecule has 2 N–H and O–H groups in total. The van der Waals surface area contributed by atoms with Gasteiger partial charge in [-0.15, -0.1) is 0 Å². The highest BCUT2D eigenvalue weighted by Crippen LogP contribution is 2.44. The molecular weight excluding hydrogens is 384 g/mol. The van der Waals surface area contributed by atoms with Crippen molar-refractivity contribution in [2.24, 2.45) is 5.92 Å². The van der Waals surface area contributed by atoms with E-state index in [0.717, 1.165) is 31.2 Å². The molecule has 0 saturated heterocycles. The molecule has 7 heteroatoms. The van der Waals surface area contributed by atoms with Crippen LogP contribution in [0.1, 0.15) is 32.1 Å². The molecule has 144 valence electrons. The van der Waals surface area contributed by atoms with Gasteiger partial charge in [0.15, 0.2) is 0 Å². The first-order chi connectivity index (χ1) is 13.0. The van der Waals surface area contributed by atoms with Crippen molar-refractivity contribution in [2.75, 3.05) is 12.4 Å². The number of halogens is 1. The van der Waals surface area contributed by atoms with Gasteiger partial charge in [0, 0.05) is 11.1 Å². The smallest absolute Gasteiger partial charge is 0.245 e. The first-order valence-electron chi connectivity index (χ1n) is 9.26. The number of methoxy groups -OCH3 is 1. The van der Waals surface area contributed by atoms with Gasteiger partial charge in [0.1, 0.15) is 10.6 Å². The SMILES string of the molecule is COc1ccccc1-c1ccc(Cl)c2c1S(=O)(=O)NC(C1CCCCC1)N2. The largest absolute Gasteiger partial charge is 0.496 e. The minimum atomic E-state index is -3.72. The molecule has 1 unspecified atom stereocenters. The Balaban J connectivity index is 1.84. The number of para-hydroxylation sites is 1. The van der Waals surface area contributed by atoms with E-state index in [4.69, 9.17) is 16.3 Å². The van der Waals surface area contributed by atoms with Crippen LogP contribution < -0.4 is 14.8 Å². The van der Waals surface area contributed by atoms with Gasteiger partial charge in [0.25, 0.3) is 0 Å². The maximum absolute atomic E-state index is 13.2. The van der Waals surface area contributed by atoms with Crippen LogP contribution in [0.5, 0.6) is 5.75 Å². The van der Waals surface area contributed by atoms with E-state index in [1.54, 1.807) is 19.2 Å². The van der Waals surface area contributed by atoms with Crippen LogP contribution in [0, 0.1) is 5.92 Å². The van der Waals surface area contributed by atoms with Gasteiger partial charge in [-0.25, -0.2) is 8.42 Å². The van der Waals surface area contributed by atoms with Gasteiger partial charge >= 0.3 is 0 Å². The molecular formula is C20H23ClN2O3S. The van der Waals surface area contributed by atoms with Crippen molar-refractivity contribution in [3.8, 4) is 16.9 Å². The lowest BCUT2D eigenvalue weighted by Gasteiger charge is -2.36. The summed E-state index contributed by atoms with van der Waals surface area (Å²) in [6, 6.07) is 10.9. The van der Waals surface area contributed by atoms with E-state index in [1.807, 2.05) is 24.3 Å². The molecule has 1 fully saturated rings. The molecule has 1 heterocycles. The van der Waals surface area contributed by atoms with E-state index in [0.29, 0.717) is 22.0 Å². The normalized spacial score (nSPS) is 21.9. The molecule has 0 aromatic heterocycles. The molecule has 1 saturated carbocycles. The predicted molar refractivity (Wildman–Crippen MR) is 108 cm³/mol. The number of sulfonamides is 1. The maximum atomic E-state index is 13.2. The molecule has 0 radical (unpaired) electrons. The summed E-state index contributed by atoms with van der Waals surface area (Å²) in [5.74, 6) is 0.888. The number of benzene rings is 2. The van der Waals surface area contributed by atoms with E-state index in [9.17, 15) is 8.42 Å². The fraction of sp³-hybridized carbons (Fsp3) is 0.400. The zero-order valence-electron chi connectivity index (χ0n) is 15.2. The molecule has 4 rings (SSSR count). The third kappa shape index (κ3) is 3.42. The second-order valence-corrected chi connectivity index (χ2v) is 9.20. The maximum Gasteiger partial charge on any atom is 0.245 e. The number of rotatable bonds is 3. The van der Waals surface area contributed by atoms with Gasteiger partial charge < -0.3 is 10.1 Å². The van der Waals surface area contributed by atoms with Crippen LogP contribution in [0.3, 0.4) is 0 Å². The van der Waals surface area contributed by atoms with Crippen LogP contribution in [0.2, 0.25) is 5.02 Å². The van der Waals surface area contributed by atoms with Crippen molar-refractivity contribution < 1.29 is 13.2 Å². The van der Waals surface area contributed by atoms with Crippen LogP contribution in [-0.4, -0.2) is 21.7 Å². The molecule has 2 aliphatic rings. The van der Waals surface area contributed by atoms with Crippen LogP contribution in [0.15, 0.2) is 41.3 Å². The lowest BCUT2D eigenvalue weighted by Crippen LogP contribution is -2.49. The molecule has 1 atom stereocenters. The minimum Gasteiger partial charge on any atom is -0.496 e. The number of ether oxygens (including phenoxy) is 1. The molecule has 2 aromatic rings. The zero-order chi connectivity index (χ0) is 19.0. The Labute approximate surface area is 165 Å². The summed E-state index contributed by atoms with van der Waals surface area (Å²) < 4.78 is 34.7. The minimum absolute atomic E-state index is 0.187. The Morgan fingerprint density at radius 3 is 2.52 bits per heavy atom. The molecule has 5 nitrogen and oxygen atoms in total. The number of fused-ring (bicyclic) bond motifs is 1. The summed E-state index contributed by atoms with van der Waals surface area (Å²) in [7, 11) is -2.14.